The zero-order valence-electron chi connectivity index (χ0n) is 15.8. The molecule has 0 saturated carbocycles. The number of alkyl halides is 3. The van der Waals surface area contributed by atoms with Gasteiger partial charge in [0.2, 0.25) is 5.56 Å². The largest absolute Gasteiger partial charge is 0.491 e. The first-order valence-electron chi connectivity index (χ1n) is 9.17. The molecule has 2 aromatic heterocycles. The summed E-state index contributed by atoms with van der Waals surface area (Å²) in [4.78, 5) is 30.9. The second-order valence-electron chi connectivity index (χ2n) is 6.94. The van der Waals surface area contributed by atoms with Crippen molar-refractivity contribution in [1.82, 2.24) is 15.3 Å². The maximum atomic E-state index is 14.4. The molecule has 2 N–H and O–H groups in total. The number of aromatic nitrogens is 2. The highest BCUT2D eigenvalue weighted by Gasteiger charge is 2.44. The molecule has 0 radical (unpaired) electrons. The van der Waals surface area contributed by atoms with E-state index >= 15 is 0 Å². The Bertz CT molecular complexity index is 1190. The predicted molar refractivity (Wildman–Crippen MR) is 101 cm³/mol. The van der Waals surface area contributed by atoms with Crippen LogP contribution in [0.2, 0.25) is 0 Å². The van der Waals surface area contributed by atoms with E-state index in [1.54, 1.807) is 12.1 Å². The number of rotatable bonds is 3. The average molecular weight is 433 g/mol. The van der Waals surface area contributed by atoms with Gasteiger partial charge in [-0.2, -0.15) is 13.2 Å². The lowest BCUT2D eigenvalue weighted by atomic mass is 9.80. The topological polar surface area (TPSA) is 84.1 Å². The molecule has 0 bridgehead atoms. The number of aromatic amines is 1. The van der Waals surface area contributed by atoms with Gasteiger partial charge in [0.1, 0.15) is 22.8 Å². The highest BCUT2D eigenvalue weighted by Crippen LogP contribution is 2.42. The van der Waals surface area contributed by atoms with Crippen LogP contribution in [0.5, 0.6) is 5.75 Å². The van der Waals surface area contributed by atoms with Crippen LogP contribution in [-0.2, 0) is 11.7 Å². The Morgan fingerprint density at radius 2 is 2.00 bits per heavy atom. The number of hydrogen-bond donors (Lipinski definition) is 2. The molecular weight excluding hydrogens is 418 g/mol. The Labute approximate surface area is 172 Å². The number of H-pyrrole nitrogens is 1. The van der Waals surface area contributed by atoms with Gasteiger partial charge in [0.15, 0.2) is 0 Å². The summed E-state index contributed by atoms with van der Waals surface area (Å²) in [5, 5.41) is 2.77. The van der Waals surface area contributed by atoms with Crippen molar-refractivity contribution in [3.05, 3.63) is 93.4 Å². The zero-order valence-corrected chi connectivity index (χ0v) is 15.8. The lowest BCUT2D eigenvalue weighted by molar-refractivity contribution is -0.140. The van der Waals surface area contributed by atoms with E-state index in [1.807, 2.05) is 0 Å². The third kappa shape index (κ3) is 3.76. The van der Waals surface area contributed by atoms with Crippen LogP contribution in [0.4, 0.5) is 17.6 Å². The Morgan fingerprint density at radius 3 is 2.68 bits per heavy atom. The minimum Gasteiger partial charge on any atom is -0.491 e. The number of hydrogen-bond acceptors (Lipinski definition) is 4. The first-order valence-corrected chi connectivity index (χ1v) is 9.17. The molecule has 1 aliphatic heterocycles. The maximum absolute atomic E-state index is 14.4. The van der Waals surface area contributed by atoms with E-state index in [-0.39, 0.29) is 29.8 Å². The molecule has 3 heterocycles. The quantitative estimate of drug-likeness (QED) is 0.621. The van der Waals surface area contributed by atoms with Gasteiger partial charge in [-0.15, -0.1) is 0 Å². The van der Waals surface area contributed by atoms with Gasteiger partial charge in [-0.1, -0.05) is 6.07 Å². The van der Waals surface area contributed by atoms with Crippen LogP contribution in [0, 0.1) is 5.82 Å². The van der Waals surface area contributed by atoms with Gasteiger partial charge in [-0.25, -0.2) is 4.39 Å². The van der Waals surface area contributed by atoms with Crippen LogP contribution in [0.1, 0.15) is 33.6 Å². The molecule has 6 nitrogen and oxygen atoms in total. The van der Waals surface area contributed by atoms with Crippen molar-refractivity contribution in [3.63, 3.8) is 0 Å². The van der Waals surface area contributed by atoms with Crippen molar-refractivity contribution in [3.8, 4) is 5.75 Å². The van der Waals surface area contributed by atoms with Gasteiger partial charge < -0.3 is 15.0 Å². The fourth-order valence-electron chi connectivity index (χ4n) is 3.56. The molecule has 0 fully saturated rings. The van der Waals surface area contributed by atoms with Gasteiger partial charge in [0.05, 0.1) is 17.7 Å². The first-order chi connectivity index (χ1) is 14.7. The van der Waals surface area contributed by atoms with Crippen molar-refractivity contribution in [2.45, 2.75) is 18.1 Å². The molecule has 160 valence electrons. The third-order valence-corrected chi connectivity index (χ3v) is 5.05. The normalized spacial score (nSPS) is 18.1. The SMILES string of the molecule is O=C(NC1(c2ccc(C(F)(F)F)c(F)c2)CCOc2cccnc21)c1ccc(=O)[nH]c1. The average Bonchev–Trinajstić information content (AvgIpc) is 2.73. The smallest absolute Gasteiger partial charge is 0.419 e. The van der Waals surface area contributed by atoms with E-state index in [0.29, 0.717) is 11.8 Å². The molecule has 0 aliphatic carbocycles. The van der Waals surface area contributed by atoms with E-state index in [4.69, 9.17) is 4.74 Å². The minimum absolute atomic E-state index is 0.0824. The molecule has 1 atom stereocenters. The fraction of sp³-hybridized carbons (Fsp3) is 0.190. The molecule has 4 rings (SSSR count). The van der Waals surface area contributed by atoms with E-state index in [1.165, 1.54) is 18.5 Å². The summed E-state index contributed by atoms with van der Waals surface area (Å²) in [6.45, 7) is 0.104. The molecule has 3 aromatic rings. The van der Waals surface area contributed by atoms with Gasteiger partial charge in [0, 0.05) is 24.9 Å². The highest BCUT2D eigenvalue weighted by molar-refractivity contribution is 5.94. The Morgan fingerprint density at radius 1 is 1.19 bits per heavy atom. The van der Waals surface area contributed by atoms with E-state index in [0.717, 1.165) is 18.2 Å². The third-order valence-electron chi connectivity index (χ3n) is 5.05. The van der Waals surface area contributed by atoms with Crippen molar-refractivity contribution in [2.24, 2.45) is 0 Å². The molecule has 0 saturated heterocycles. The van der Waals surface area contributed by atoms with Gasteiger partial charge in [-0.05, 0) is 35.9 Å². The highest BCUT2D eigenvalue weighted by atomic mass is 19.4. The molecule has 0 spiro atoms. The number of fused-ring (bicyclic) bond motifs is 1. The van der Waals surface area contributed by atoms with Crippen molar-refractivity contribution >= 4 is 5.91 Å². The molecule has 1 amide bonds. The molecule has 1 aliphatic rings. The van der Waals surface area contributed by atoms with E-state index < -0.39 is 34.6 Å². The van der Waals surface area contributed by atoms with Crippen LogP contribution < -0.4 is 15.6 Å². The number of nitrogens with zero attached hydrogens (tertiary/aromatic N) is 1. The number of benzene rings is 1. The number of nitrogens with one attached hydrogen (secondary N) is 2. The Hall–Kier alpha value is -3.69. The second kappa shape index (κ2) is 7.53. The van der Waals surface area contributed by atoms with Crippen molar-refractivity contribution in [1.29, 1.82) is 0 Å². The monoisotopic (exact) mass is 433 g/mol. The first kappa shape index (κ1) is 20.6. The van der Waals surface area contributed by atoms with Crippen LogP contribution >= 0.6 is 0 Å². The summed E-state index contributed by atoms with van der Waals surface area (Å²) < 4.78 is 59.2. The van der Waals surface area contributed by atoms with E-state index in [9.17, 15) is 27.2 Å². The summed E-state index contributed by atoms with van der Waals surface area (Å²) in [7, 11) is 0. The van der Waals surface area contributed by atoms with E-state index in [2.05, 4.69) is 15.3 Å². The fourth-order valence-corrected chi connectivity index (χ4v) is 3.56. The molecule has 1 aromatic carbocycles. The molecular formula is C21H15F4N3O3. The number of pyridine rings is 2. The van der Waals surface area contributed by atoms with Gasteiger partial charge >= 0.3 is 6.18 Å². The number of carbonyl (C=O) groups excluding carboxylic acids is 1. The summed E-state index contributed by atoms with van der Waals surface area (Å²) >= 11 is 0. The van der Waals surface area contributed by atoms with Gasteiger partial charge in [0.25, 0.3) is 5.91 Å². The predicted octanol–water partition coefficient (Wildman–Crippen LogP) is 3.38. The summed E-state index contributed by atoms with van der Waals surface area (Å²) in [5.74, 6) is -1.78. The van der Waals surface area contributed by atoms with Crippen LogP contribution in [0.25, 0.3) is 0 Å². The van der Waals surface area contributed by atoms with Crippen LogP contribution in [0.3, 0.4) is 0 Å². The van der Waals surface area contributed by atoms with Crippen LogP contribution in [0.15, 0.2) is 59.7 Å². The Balaban J connectivity index is 1.85. The lowest BCUT2D eigenvalue weighted by Gasteiger charge is -2.39. The van der Waals surface area contributed by atoms with Crippen LogP contribution in [-0.4, -0.2) is 22.5 Å². The maximum Gasteiger partial charge on any atom is 0.419 e. The summed E-state index contributed by atoms with van der Waals surface area (Å²) in [6, 6.07) is 8.16. The lowest BCUT2D eigenvalue weighted by Crippen LogP contribution is -2.50. The second-order valence-corrected chi connectivity index (χ2v) is 6.94. The standard InChI is InChI=1S/C21H15F4N3O3/c22-15-10-13(4-5-14(15)21(23,24)25)20(7-9-31-16-2-1-8-26-18(16)20)28-19(30)12-3-6-17(29)27-11-12/h1-6,8,10-11H,7,9H2,(H,27,29)(H,28,30). The molecule has 1 unspecified atom stereocenters. The number of amides is 1. The Kier molecular flexibility index (Phi) is 5.00. The zero-order chi connectivity index (χ0) is 22.2. The minimum atomic E-state index is -4.86. The van der Waals surface area contributed by atoms with Crippen molar-refractivity contribution in [2.75, 3.05) is 6.61 Å². The number of ether oxygens (including phenoxy) is 1. The number of halogens is 4. The summed E-state index contributed by atoms with van der Waals surface area (Å²) in [6.07, 6.45) is -2.12. The van der Waals surface area contributed by atoms with Gasteiger partial charge in [-0.3, -0.25) is 14.6 Å². The number of carbonyl (C=O) groups is 1. The summed E-state index contributed by atoms with van der Waals surface area (Å²) in [5.41, 5.74) is -2.85. The van der Waals surface area contributed by atoms with Crippen molar-refractivity contribution < 1.29 is 27.1 Å². The molecule has 10 heteroatoms. The molecule has 31 heavy (non-hydrogen) atoms.